The number of thiol groups is 1. The summed E-state index contributed by atoms with van der Waals surface area (Å²) >= 11 is 0. The van der Waals surface area contributed by atoms with E-state index in [4.69, 9.17) is 0 Å². The van der Waals surface area contributed by atoms with Crippen LogP contribution in [0.3, 0.4) is 0 Å². The van der Waals surface area contributed by atoms with Crippen molar-refractivity contribution in [1.82, 2.24) is 0 Å². The molecule has 0 amide bonds. The Morgan fingerprint density at radius 2 is 2.12 bits per heavy atom. The van der Waals surface area contributed by atoms with E-state index in [0.717, 1.165) is 12.7 Å². The first kappa shape index (κ1) is 11.5. The van der Waals surface area contributed by atoms with Crippen molar-refractivity contribution in [3.8, 4) is 0 Å². The van der Waals surface area contributed by atoms with Gasteiger partial charge in [-0.15, -0.1) is 0 Å². The molecule has 0 saturated heterocycles. The third-order valence-electron chi connectivity index (χ3n) is 3.08. The van der Waals surface area contributed by atoms with Crippen molar-refractivity contribution in [1.29, 1.82) is 0 Å². The van der Waals surface area contributed by atoms with Gasteiger partial charge in [0.25, 0.3) is 0 Å². The highest BCUT2D eigenvalue weighted by Gasteiger charge is 2.17. The molecule has 2 heteroatoms. The van der Waals surface area contributed by atoms with E-state index in [0.29, 0.717) is 0 Å². The number of hydrogen-bond donors (Lipinski definition) is 1. The summed E-state index contributed by atoms with van der Waals surface area (Å²) in [6.45, 7) is 2.18. The van der Waals surface area contributed by atoms with Gasteiger partial charge in [0.05, 0.1) is 0 Å². The Morgan fingerprint density at radius 1 is 1.38 bits per heavy atom. The molecule has 2 rings (SSSR count). The lowest BCUT2D eigenvalue weighted by atomic mass is 10.1. The van der Waals surface area contributed by atoms with Crippen LogP contribution >= 0.6 is 10.9 Å². The van der Waals surface area contributed by atoms with Crippen LogP contribution in [0, 0.1) is 5.92 Å². The highest BCUT2D eigenvalue weighted by molar-refractivity contribution is 8.19. The monoisotopic (exact) mass is 234 g/mol. The van der Waals surface area contributed by atoms with Gasteiger partial charge in [0.1, 0.15) is 6.29 Å². The number of allylic oxidation sites excluding steroid dienone is 2. The van der Waals surface area contributed by atoms with Crippen molar-refractivity contribution in [3.05, 3.63) is 46.9 Å². The van der Waals surface area contributed by atoms with Crippen LogP contribution in [-0.2, 0) is 10.5 Å². The fraction of sp³-hybridized carbons (Fsp3) is 0.357. The van der Waals surface area contributed by atoms with Gasteiger partial charge in [-0.05, 0) is 29.6 Å². The fourth-order valence-corrected chi connectivity index (χ4v) is 4.52. The Balaban J connectivity index is 2.04. The lowest BCUT2D eigenvalue weighted by molar-refractivity contribution is -0.109. The van der Waals surface area contributed by atoms with Crippen molar-refractivity contribution in [2.75, 3.05) is 5.75 Å². The normalized spacial score (nSPS) is 27.2. The molecule has 2 unspecified atom stereocenters. The highest BCUT2D eigenvalue weighted by atomic mass is 32.2. The van der Waals surface area contributed by atoms with Gasteiger partial charge in [0.15, 0.2) is 0 Å². The smallest absolute Gasteiger partial charge is 0.126 e. The second kappa shape index (κ2) is 5.35. The summed E-state index contributed by atoms with van der Waals surface area (Å²) in [6.07, 6.45) is 4.29. The summed E-state index contributed by atoms with van der Waals surface area (Å²) in [7, 11) is -0.0394. The summed E-state index contributed by atoms with van der Waals surface area (Å²) in [4.78, 5) is 12.2. The predicted octanol–water partition coefficient (Wildman–Crippen LogP) is 3.31. The number of benzene rings is 1. The minimum Gasteiger partial charge on any atom is -0.303 e. The van der Waals surface area contributed by atoms with Crippen LogP contribution in [0.25, 0.3) is 0 Å². The molecule has 1 aromatic rings. The Bertz CT molecular complexity index is 383. The van der Waals surface area contributed by atoms with E-state index < -0.39 is 0 Å². The molecule has 1 aliphatic rings. The maximum absolute atomic E-state index is 10.7. The first-order valence-electron chi connectivity index (χ1n) is 5.72. The molecule has 0 aliphatic carbocycles. The van der Waals surface area contributed by atoms with Gasteiger partial charge in [0.2, 0.25) is 0 Å². The molecule has 2 atom stereocenters. The van der Waals surface area contributed by atoms with Crippen LogP contribution in [0.15, 0.2) is 41.3 Å². The summed E-state index contributed by atoms with van der Waals surface area (Å²) in [6, 6.07) is 10.6. The van der Waals surface area contributed by atoms with Crippen LogP contribution in [0.5, 0.6) is 0 Å². The highest BCUT2D eigenvalue weighted by Crippen LogP contribution is 2.43. The summed E-state index contributed by atoms with van der Waals surface area (Å²) in [5.74, 6) is 2.55. The quantitative estimate of drug-likeness (QED) is 0.627. The van der Waals surface area contributed by atoms with E-state index in [1.54, 1.807) is 0 Å². The lowest BCUT2D eigenvalue weighted by Gasteiger charge is -2.28. The van der Waals surface area contributed by atoms with Gasteiger partial charge < -0.3 is 4.79 Å². The molecule has 0 spiro atoms. The maximum atomic E-state index is 10.7. The third kappa shape index (κ3) is 2.76. The molecule has 0 radical (unpaired) electrons. The SMILES string of the molecule is CC1=CC(C=O)CC[SH]1Cc1ccccc1. The average Bonchev–Trinajstić information content (AvgIpc) is 2.33. The van der Waals surface area contributed by atoms with E-state index >= 15 is 0 Å². The number of hydrogen-bond acceptors (Lipinski definition) is 1. The van der Waals surface area contributed by atoms with Crippen LogP contribution in [0.2, 0.25) is 0 Å². The molecule has 0 fully saturated rings. The Labute approximate surface area is 99.9 Å². The van der Waals surface area contributed by atoms with E-state index in [2.05, 4.69) is 43.3 Å². The maximum Gasteiger partial charge on any atom is 0.126 e. The molecule has 16 heavy (non-hydrogen) atoms. The first-order valence-corrected chi connectivity index (χ1v) is 7.43. The van der Waals surface area contributed by atoms with Gasteiger partial charge in [-0.25, -0.2) is 10.9 Å². The summed E-state index contributed by atoms with van der Waals surface area (Å²) < 4.78 is 0. The van der Waals surface area contributed by atoms with E-state index in [9.17, 15) is 4.79 Å². The van der Waals surface area contributed by atoms with Crippen molar-refractivity contribution >= 4 is 17.2 Å². The molecule has 1 aromatic carbocycles. The molecule has 86 valence electrons. The molecular weight excluding hydrogens is 216 g/mol. The fourth-order valence-electron chi connectivity index (χ4n) is 2.09. The summed E-state index contributed by atoms with van der Waals surface area (Å²) in [5.41, 5.74) is 1.42. The lowest BCUT2D eigenvalue weighted by Crippen LogP contribution is -2.10. The van der Waals surface area contributed by atoms with Crippen molar-refractivity contribution in [2.24, 2.45) is 5.92 Å². The molecular formula is C14H18OS. The third-order valence-corrected chi connectivity index (χ3v) is 5.77. The van der Waals surface area contributed by atoms with Gasteiger partial charge in [-0.1, -0.05) is 36.4 Å². The van der Waals surface area contributed by atoms with Gasteiger partial charge in [-0.3, -0.25) is 0 Å². The zero-order valence-corrected chi connectivity index (χ0v) is 10.5. The second-order valence-electron chi connectivity index (χ2n) is 4.30. The average molecular weight is 234 g/mol. The molecule has 1 nitrogen and oxygen atoms in total. The first-order chi connectivity index (χ1) is 7.79. The van der Waals surface area contributed by atoms with E-state index in [1.807, 2.05) is 0 Å². The Hall–Kier alpha value is -1.02. The zero-order chi connectivity index (χ0) is 11.4. The Kier molecular flexibility index (Phi) is 3.83. The molecule has 0 bridgehead atoms. The van der Waals surface area contributed by atoms with E-state index in [-0.39, 0.29) is 16.8 Å². The molecule has 1 aliphatic heterocycles. The van der Waals surface area contributed by atoms with Crippen LogP contribution in [0.1, 0.15) is 18.9 Å². The van der Waals surface area contributed by atoms with Crippen molar-refractivity contribution in [2.45, 2.75) is 19.1 Å². The minimum atomic E-state index is -0.0394. The van der Waals surface area contributed by atoms with E-state index in [1.165, 1.54) is 22.0 Å². The summed E-state index contributed by atoms with van der Waals surface area (Å²) in [5, 5.41) is 0. The second-order valence-corrected chi connectivity index (χ2v) is 6.85. The standard InChI is InChI=1S/C14H18OS/c1-12-9-14(10-15)7-8-16(12)11-13-5-3-2-4-6-13/h2-6,9-10,14,16H,7-8,11H2,1H3. The molecule has 0 N–H and O–H groups in total. The molecule has 0 saturated carbocycles. The molecule has 1 heterocycles. The van der Waals surface area contributed by atoms with Gasteiger partial charge in [0, 0.05) is 11.7 Å². The van der Waals surface area contributed by atoms with Crippen molar-refractivity contribution in [3.63, 3.8) is 0 Å². The number of carbonyl (C=O) groups is 1. The number of aldehydes is 1. The topological polar surface area (TPSA) is 17.1 Å². The number of rotatable bonds is 3. The largest absolute Gasteiger partial charge is 0.303 e. The van der Waals surface area contributed by atoms with Crippen LogP contribution in [-0.4, -0.2) is 12.0 Å². The predicted molar refractivity (Wildman–Crippen MR) is 71.9 cm³/mol. The minimum absolute atomic E-state index is 0.0394. The van der Waals surface area contributed by atoms with Gasteiger partial charge in [-0.2, -0.15) is 0 Å². The van der Waals surface area contributed by atoms with Crippen LogP contribution in [0.4, 0.5) is 0 Å². The van der Waals surface area contributed by atoms with Crippen LogP contribution < -0.4 is 0 Å². The van der Waals surface area contributed by atoms with Gasteiger partial charge >= 0.3 is 0 Å². The van der Waals surface area contributed by atoms with Crippen molar-refractivity contribution < 1.29 is 4.79 Å². The number of carbonyl (C=O) groups excluding carboxylic acids is 1. The Morgan fingerprint density at radius 3 is 2.75 bits per heavy atom. The zero-order valence-electron chi connectivity index (χ0n) is 9.60. The molecule has 0 aromatic heterocycles.